The van der Waals surface area contributed by atoms with E-state index >= 15 is 0 Å². The Hall–Kier alpha value is -3.85. The number of benzene rings is 3. The van der Waals surface area contributed by atoms with Crippen molar-refractivity contribution in [2.24, 2.45) is 0 Å². The maximum atomic E-state index is 13.7. The lowest BCUT2D eigenvalue weighted by atomic mass is 10.1. The zero-order chi connectivity index (χ0) is 25.1. The predicted octanol–water partition coefficient (Wildman–Crippen LogP) is 6.28. The van der Waals surface area contributed by atoms with Gasteiger partial charge in [-0.1, -0.05) is 41.9 Å². The second-order valence-corrected chi connectivity index (χ2v) is 8.06. The van der Waals surface area contributed by atoms with E-state index in [1.54, 1.807) is 16.8 Å². The Kier molecular flexibility index (Phi) is 7.07. The van der Waals surface area contributed by atoms with E-state index in [9.17, 15) is 22.4 Å². The first kappa shape index (κ1) is 24.3. The molecule has 35 heavy (non-hydrogen) atoms. The van der Waals surface area contributed by atoms with Crippen LogP contribution in [0.4, 0.5) is 23.4 Å². The van der Waals surface area contributed by atoms with Crippen molar-refractivity contribution in [3.05, 3.63) is 111 Å². The molecule has 1 N–H and O–H groups in total. The van der Waals surface area contributed by atoms with Crippen molar-refractivity contribution in [3.8, 4) is 5.75 Å². The molecule has 0 aliphatic heterocycles. The zero-order valence-corrected chi connectivity index (χ0v) is 19.0. The van der Waals surface area contributed by atoms with E-state index in [0.29, 0.717) is 28.5 Å². The van der Waals surface area contributed by atoms with E-state index in [0.717, 1.165) is 11.3 Å². The van der Waals surface area contributed by atoms with Gasteiger partial charge in [-0.05, 0) is 36.2 Å². The minimum Gasteiger partial charge on any atom is -0.483 e. The predicted molar refractivity (Wildman–Crippen MR) is 123 cm³/mol. The van der Waals surface area contributed by atoms with Crippen molar-refractivity contribution in [1.29, 1.82) is 0 Å². The lowest BCUT2D eigenvalue weighted by molar-refractivity contribution is 0.102. The largest absolute Gasteiger partial charge is 0.483 e. The highest BCUT2D eigenvalue weighted by atomic mass is 35.5. The SMILES string of the molecule is Cc1cc(NC(=O)c2ccc(COc3c(F)c(F)cc(F)c3F)cc2)nn1Cc1ccccc1Cl. The normalized spacial score (nSPS) is 10.9. The molecule has 10 heteroatoms. The lowest BCUT2D eigenvalue weighted by Gasteiger charge is -2.10. The van der Waals surface area contributed by atoms with Crippen LogP contribution in [0.2, 0.25) is 5.02 Å². The van der Waals surface area contributed by atoms with Gasteiger partial charge in [0.25, 0.3) is 5.91 Å². The van der Waals surface area contributed by atoms with E-state index in [2.05, 4.69) is 10.4 Å². The van der Waals surface area contributed by atoms with Gasteiger partial charge >= 0.3 is 0 Å². The molecule has 0 bridgehead atoms. The van der Waals surface area contributed by atoms with Crippen LogP contribution < -0.4 is 10.1 Å². The molecule has 3 aromatic carbocycles. The molecule has 0 fully saturated rings. The molecule has 0 aliphatic carbocycles. The van der Waals surface area contributed by atoms with E-state index in [4.69, 9.17) is 16.3 Å². The monoisotopic (exact) mass is 503 g/mol. The third-order valence-corrected chi connectivity index (χ3v) is 5.54. The van der Waals surface area contributed by atoms with Gasteiger partial charge in [-0.25, -0.2) is 8.78 Å². The van der Waals surface area contributed by atoms with Crippen molar-refractivity contribution in [2.75, 3.05) is 5.32 Å². The van der Waals surface area contributed by atoms with Gasteiger partial charge in [-0.3, -0.25) is 9.48 Å². The number of ether oxygens (including phenoxy) is 1. The Morgan fingerprint density at radius 2 is 1.66 bits per heavy atom. The van der Waals surface area contributed by atoms with Crippen molar-refractivity contribution in [3.63, 3.8) is 0 Å². The fraction of sp³-hybridized carbons (Fsp3) is 0.120. The highest BCUT2D eigenvalue weighted by Gasteiger charge is 2.20. The van der Waals surface area contributed by atoms with Crippen LogP contribution in [0.5, 0.6) is 5.75 Å². The topological polar surface area (TPSA) is 56.1 Å². The molecule has 0 aliphatic rings. The number of halogens is 5. The first-order valence-electron chi connectivity index (χ1n) is 10.4. The molecule has 0 atom stereocenters. The van der Waals surface area contributed by atoms with Gasteiger partial charge in [-0.2, -0.15) is 13.9 Å². The fourth-order valence-corrected chi connectivity index (χ4v) is 3.49. The summed E-state index contributed by atoms with van der Waals surface area (Å²) in [5.74, 6) is -7.58. The van der Waals surface area contributed by atoms with Crippen molar-refractivity contribution in [1.82, 2.24) is 9.78 Å². The number of carbonyl (C=O) groups is 1. The number of nitrogens with zero attached hydrogens (tertiary/aromatic N) is 2. The minimum atomic E-state index is -1.62. The fourth-order valence-electron chi connectivity index (χ4n) is 3.29. The third kappa shape index (κ3) is 5.46. The standard InChI is InChI=1S/C25H18ClF4N3O2/c1-14-10-21(32-33(14)12-17-4-2-3-5-18(17)26)31-25(34)16-8-6-15(7-9-16)13-35-24-22(29)19(27)11-20(28)23(24)30/h2-11H,12-13H2,1H3,(H,31,32,34). The number of anilines is 1. The molecule has 0 radical (unpaired) electrons. The van der Waals surface area contributed by atoms with Gasteiger partial charge in [-0.15, -0.1) is 0 Å². The smallest absolute Gasteiger partial charge is 0.256 e. The van der Waals surface area contributed by atoms with Crippen LogP contribution in [-0.4, -0.2) is 15.7 Å². The molecular weight excluding hydrogens is 486 g/mol. The average molecular weight is 504 g/mol. The number of amides is 1. The van der Waals surface area contributed by atoms with Crippen LogP contribution in [0.25, 0.3) is 0 Å². The summed E-state index contributed by atoms with van der Waals surface area (Å²) in [7, 11) is 0. The van der Waals surface area contributed by atoms with Gasteiger partial charge in [0.15, 0.2) is 23.2 Å². The summed E-state index contributed by atoms with van der Waals surface area (Å²) in [4.78, 5) is 12.6. The minimum absolute atomic E-state index is 0.103. The number of nitrogens with one attached hydrogen (secondary N) is 1. The number of aromatic nitrogens is 2. The number of hydrogen-bond acceptors (Lipinski definition) is 3. The Morgan fingerprint density at radius 3 is 2.31 bits per heavy atom. The summed E-state index contributed by atoms with van der Waals surface area (Å²) in [5, 5.41) is 7.72. The van der Waals surface area contributed by atoms with Gasteiger partial charge in [0.2, 0.25) is 11.6 Å². The molecule has 4 aromatic rings. The second-order valence-electron chi connectivity index (χ2n) is 7.66. The number of rotatable bonds is 7. The van der Waals surface area contributed by atoms with Crippen LogP contribution in [0, 0.1) is 30.2 Å². The van der Waals surface area contributed by atoms with Crippen molar-refractivity contribution >= 4 is 23.3 Å². The molecule has 0 spiro atoms. The number of aryl methyl sites for hydroxylation is 1. The highest BCUT2D eigenvalue weighted by Crippen LogP contribution is 2.27. The molecule has 1 amide bonds. The highest BCUT2D eigenvalue weighted by molar-refractivity contribution is 6.31. The van der Waals surface area contributed by atoms with E-state index < -0.39 is 34.9 Å². The molecular formula is C25H18ClF4N3O2. The number of carbonyl (C=O) groups excluding carboxylic acids is 1. The molecule has 180 valence electrons. The first-order valence-corrected chi connectivity index (χ1v) is 10.7. The molecule has 1 heterocycles. The Labute approximate surface area is 202 Å². The van der Waals surface area contributed by atoms with Crippen LogP contribution in [0.3, 0.4) is 0 Å². The van der Waals surface area contributed by atoms with E-state index in [1.165, 1.54) is 24.3 Å². The quantitative estimate of drug-likeness (QED) is 0.238. The summed E-state index contributed by atoms with van der Waals surface area (Å²) in [6.07, 6.45) is 0. The molecule has 5 nitrogen and oxygen atoms in total. The van der Waals surface area contributed by atoms with Crippen molar-refractivity contribution in [2.45, 2.75) is 20.1 Å². The van der Waals surface area contributed by atoms with E-state index in [1.807, 2.05) is 25.1 Å². The van der Waals surface area contributed by atoms with Crippen LogP contribution in [-0.2, 0) is 13.2 Å². The van der Waals surface area contributed by atoms with Crippen LogP contribution in [0.15, 0.2) is 60.7 Å². The van der Waals surface area contributed by atoms with Gasteiger partial charge in [0.05, 0.1) is 6.54 Å². The van der Waals surface area contributed by atoms with Crippen LogP contribution in [0.1, 0.15) is 27.2 Å². The average Bonchev–Trinajstić information content (AvgIpc) is 3.18. The van der Waals surface area contributed by atoms with Gasteiger partial charge < -0.3 is 10.1 Å². The molecule has 0 unspecified atom stereocenters. The maximum absolute atomic E-state index is 13.7. The lowest BCUT2D eigenvalue weighted by Crippen LogP contribution is -2.13. The summed E-state index contributed by atoms with van der Waals surface area (Å²) < 4.78 is 60.7. The Morgan fingerprint density at radius 1 is 1.00 bits per heavy atom. The molecule has 0 saturated carbocycles. The maximum Gasteiger partial charge on any atom is 0.256 e. The Balaban J connectivity index is 1.40. The second kappa shape index (κ2) is 10.2. The van der Waals surface area contributed by atoms with Crippen molar-refractivity contribution < 1.29 is 27.1 Å². The number of hydrogen-bond donors (Lipinski definition) is 1. The van der Waals surface area contributed by atoms with Gasteiger partial charge in [0, 0.05) is 28.4 Å². The summed E-state index contributed by atoms with van der Waals surface area (Å²) in [6.45, 7) is 1.92. The third-order valence-electron chi connectivity index (χ3n) is 5.17. The summed E-state index contributed by atoms with van der Waals surface area (Å²) >= 11 is 6.21. The van der Waals surface area contributed by atoms with Gasteiger partial charge in [0.1, 0.15) is 6.61 Å². The van der Waals surface area contributed by atoms with E-state index in [-0.39, 0.29) is 12.7 Å². The molecule has 1 aromatic heterocycles. The van der Waals surface area contributed by atoms with Crippen LogP contribution >= 0.6 is 11.6 Å². The Bertz CT molecular complexity index is 1360. The summed E-state index contributed by atoms with van der Waals surface area (Å²) in [6, 6.07) is 15.1. The first-order chi connectivity index (χ1) is 16.7. The molecule has 4 rings (SSSR count). The molecule has 0 saturated heterocycles. The summed E-state index contributed by atoms with van der Waals surface area (Å²) in [5.41, 5.74) is 2.42. The zero-order valence-electron chi connectivity index (χ0n) is 18.3.